The number of oxazole rings is 1. The van der Waals surface area contributed by atoms with E-state index in [1.807, 2.05) is 18.2 Å². The van der Waals surface area contributed by atoms with Crippen LogP contribution in [0.5, 0.6) is 5.75 Å². The summed E-state index contributed by atoms with van der Waals surface area (Å²) < 4.78 is 26.4. The predicted octanol–water partition coefficient (Wildman–Crippen LogP) is 5.14. The number of fused-ring (bicyclic) bond motifs is 1. The number of rotatable bonds is 6. The fourth-order valence-corrected chi connectivity index (χ4v) is 3.23. The maximum Gasteiger partial charge on any atom is 0.329 e. The molecule has 154 valence electrons. The molecule has 4 aromatic rings. The molecule has 2 heterocycles. The summed E-state index contributed by atoms with van der Waals surface area (Å²) in [6.07, 6.45) is 1.76. The molecule has 6 nitrogen and oxygen atoms in total. The highest BCUT2D eigenvalue weighted by Gasteiger charge is 2.30. The van der Waals surface area contributed by atoms with Gasteiger partial charge in [-0.2, -0.15) is 0 Å². The maximum atomic E-state index is 13.1. The minimum atomic E-state index is -1.06. The molecule has 0 spiro atoms. The summed E-state index contributed by atoms with van der Waals surface area (Å²) in [5, 5.41) is 10.4. The molecule has 0 fully saturated rings. The number of hydrogen-bond donors (Lipinski definition) is 1. The van der Waals surface area contributed by atoms with Crippen LogP contribution in [-0.2, 0) is 16.9 Å². The highest BCUT2D eigenvalue weighted by atomic mass is 19.1. The molecule has 0 unspecified atom stereocenters. The lowest BCUT2D eigenvalue weighted by molar-refractivity contribution is -0.145. The third kappa shape index (κ3) is 3.54. The average molecular weight is 408 g/mol. The lowest BCUT2D eigenvalue weighted by Crippen LogP contribution is -2.34. The number of halogens is 1. The first-order chi connectivity index (χ1) is 14.3. The topological polar surface area (TPSA) is 77.5 Å². The zero-order valence-corrected chi connectivity index (χ0v) is 16.8. The Balaban J connectivity index is 1.53. The van der Waals surface area contributed by atoms with Crippen molar-refractivity contribution >= 4 is 16.9 Å². The van der Waals surface area contributed by atoms with E-state index >= 15 is 0 Å². The number of carbonyl (C=O) groups is 1. The van der Waals surface area contributed by atoms with Crippen molar-refractivity contribution in [3.63, 3.8) is 0 Å². The van der Waals surface area contributed by atoms with E-state index in [2.05, 4.69) is 4.98 Å². The average Bonchev–Trinajstić information content (AvgIpc) is 3.30. The molecule has 0 saturated carbocycles. The van der Waals surface area contributed by atoms with E-state index in [4.69, 9.17) is 9.15 Å². The molecule has 2 aromatic heterocycles. The van der Waals surface area contributed by atoms with Crippen molar-refractivity contribution < 1.29 is 23.4 Å². The fraction of sp³-hybridized carbons (Fsp3) is 0.217. The largest absolute Gasteiger partial charge is 0.487 e. The van der Waals surface area contributed by atoms with Crippen LogP contribution in [0.1, 0.15) is 25.3 Å². The molecule has 0 amide bonds. The first-order valence-electron chi connectivity index (χ1n) is 9.46. The van der Waals surface area contributed by atoms with Crippen LogP contribution in [-0.4, -0.2) is 20.6 Å². The summed E-state index contributed by atoms with van der Waals surface area (Å²) in [6.45, 7) is 5.33. The molecule has 0 aliphatic heterocycles. The van der Waals surface area contributed by atoms with Crippen LogP contribution >= 0.6 is 0 Å². The summed E-state index contributed by atoms with van der Waals surface area (Å²) in [5.41, 5.74) is 1.10. The quantitative estimate of drug-likeness (QED) is 0.478. The number of aryl methyl sites for hydroxylation is 1. The van der Waals surface area contributed by atoms with Gasteiger partial charge in [-0.1, -0.05) is 0 Å². The Labute approximate surface area is 172 Å². The lowest BCUT2D eigenvalue weighted by Gasteiger charge is -2.23. The van der Waals surface area contributed by atoms with Crippen molar-refractivity contribution in [3.8, 4) is 17.2 Å². The number of carboxylic acids is 1. The number of ether oxygens (including phenoxy) is 1. The third-order valence-electron chi connectivity index (χ3n) is 5.15. The van der Waals surface area contributed by atoms with Crippen molar-refractivity contribution in [3.05, 3.63) is 72.0 Å². The van der Waals surface area contributed by atoms with Crippen molar-refractivity contribution in [2.24, 2.45) is 0 Å². The normalized spacial score (nSPS) is 11.7. The summed E-state index contributed by atoms with van der Waals surface area (Å²) in [5.74, 6) is 0.457. The van der Waals surface area contributed by atoms with Gasteiger partial charge in [-0.15, -0.1) is 0 Å². The van der Waals surface area contributed by atoms with Gasteiger partial charge in [0.1, 0.15) is 35.2 Å². The molecular weight excluding hydrogens is 387 g/mol. The minimum Gasteiger partial charge on any atom is -0.487 e. The predicted molar refractivity (Wildman–Crippen MR) is 110 cm³/mol. The smallest absolute Gasteiger partial charge is 0.329 e. The van der Waals surface area contributed by atoms with Gasteiger partial charge in [-0.05, 0) is 69.3 Å². The van der Waals surface area contributed by atoms with Gasteiger partial charge in [0.15, 0.2) is 0 Å². The molecule has 2 aromatic carbocycles. The number of carboxylic acid groups (broad SMARTS) is 1. The van der Waals surface area contributed by atoms with E-state index in [9.17, 15) is 14.3 Å². The van der Waals surface area contributed by atoms with Gasteiger partial charge in [0.05, 0.1) is 0 Å². The molecule has 0 atom stereocenters. The second-order valence-corrected chi connectivity index (χ2v) is 7.59. The monoisotopic (exact) mass is 408 g/mol. The number of hydrogen-bond acceptors (Lipinski definition) is 4. The Morgan fingerprint density at radius 2 is 1.93 bits per heavy atom. The fourth-order valence-electron chi connectivity index (χ4n) is 3.23. The van der Waals surface area contributed by atoms with E-state index < -0.39 is 11.5 Å². The van der Waals surface area contributed by atoms with Crippen LogP contribution in [0.4, 0.5) is 4.39 Å². The van der Waals surface area contributed by atoms with Gasteiger partial charge in [0.2, 0.25) is 5.89 Å². The number of nitrogens with zero attached hydrogens (tertiary/aromatic N) is 2. The van der Waals surface area contributed by atoms with Crippen molar-refractivity contribution in [1.82, 2.24) is 9.55 Å². The molecule has 4 rings (SSSR count). The van der Waals surface area contributed by atoms with Gasteiger partial charge in [-0.25, -0.2) is 14.2 Å². The van der Waals surface area contributed by atoms with Gasteiger partial charge in [-0.3, -0.25) is 0 Å². The molecule has 30 heavy (non-hydrogen) atoms. The molecule has 7 heteroatoms. The van der Waals surface area contributed by atoms with Crippen LogP contribution < -0.4 is 4.74 Å². The Bertz CT molecular complexity index is 1220. The summed E-state index contributed by atoms with van der Waals surface area (Å²) in [4.78, 5) is 16.0. The van der Waals surface area contributed by atoms with Crippen molar-refractivity contribution in [2.45, 2.75) is 32.9 Å². The Morgan fingerprint density at radius 3 is 2.63 bits per heavy atom. The lowest BCUT2D eigenvalue weighted by atomic mass is 10.1. The van der Waals surface area contributed by atoms with Crippen LogP contribution in [0.2, 0.25) is 0 Å². The van der Waals surface area contributed by atoms with E-state index in [0.29, 0.717) is 28.7 Å². The van der Waals surface area contributed by atoms with Gasteiger partial charge >= 0.3 is 5.97 Å². The molecule has 0 aliphatic rings. The summed E-state index contributed by atoms with van der Waals surface area (Å²) >= 11 is 0. The number of benzene rings is 2. The van der Waals surface area contributed by atoms with Crippen molar-refractivity contribution in [2.75, 3.05) is 0 Å². The molecular formula is C23H21FN2O4. The van der Waals surface area contributed by atoms with E-state index in [1.54, 1.807) is 49.7 Å². The SMILES string of the molecule is Cc1oc(-c2ccc(F)cc2)nc1COc1ccc2c(ccn2C(C)(C)C(=O)O)c1. The van der Waals surface area contributed by atoms with E-state index in [1.165, 1.54) is 12.1 Å². The number of aromatic nitrogens is 2. The van der Waals surface area contributed by atoms with Gasteiger partial charge in [0.25, 0.3) is 0 Å². The Morgan fingerprint density at radius 1 is 1.20 bits per heavy atom. The molecule has 0 aliphatic carbocycles. The highest BCUT2D eigenvalue weighted by Crippen LogP contribution is 2.28. The van der Waals surface area contributed by atoms with Crippen molar-refractivity contribution in [1.29, 1.82) is 0 Å². The second kappa shape index (κ2) is 7.33. The van der Waals surface area contributed by atoms with Gasteiger partial charge < -0.3 is 18.8 Å². The van der Waals surface area contributed by atoms with E-state index in [0.717, 1.165) is 10.9 Å². The van der Waals surface area contributed by atoms with Crippen LogP contribution in [0.3, 0.4) is 0 Å². The first-order valence-corrected chi connectivity index (χ1v) is 9.46. The molecule has 0 radical (unpaired) electrons. The highest BCUT2D eigenvalue weighted by molar-refractivity contribution is 5.85. The zero-order valence-electron chi connectivity index (χ0n) is 16.8. The van der Waals surface area contributed by atoms with E-state index in [-0.39, 0.29) is 12.4 Å². The second-order valence-electron chi connectivity index (χ2n) is 7.59. The van der Waals surface area contributed by atoms with Crippen LogP contribution in [0.25, 0.3) is 22.4 Å². The Hall–Kier alpha value is -3.61. The zero-order chi connectivity index (χ0) is 21.5. The van der Waals surface area contributed by atoms with Crippen LogP contribution in [0, 0.1) is 12.7 Å². The standard InChI is InChI=1S/C23H21FN2O4/c1-14-19(25-21(30-14)15-4-6-17(24)7-5-15)13-29-18-8-9-20-16(12-18)10-11-26(20)23(2,3)22(27)28/h4-12H,13H2,1-3H3,(H,27,28). The molecule has 1 N–H and O–H groups in total. The Kier molecular flexibility index (Phi) is 4.81. The number of aliphatic carboxylic acids is 1. The molecule has 0 saturated heterocycles. The maximum absolute atomic E-state index is 13.1. The summed E-state index contributed by atoms with van der Waals surface area (Å²) in [6, 6.07) is 13.3. The van der Waals surface area contributed by atoms with Crippen LogP contribution in [0.15, 0.2) is 59.1 Å². The summed E-state index contributed by atoms with van der Waals surface area (Å²) in [7, 11) is 0. The minimum absolute atomic E-state index is 0.212. The molecule has 0 bridgehead atoms. The third-order valence-corrected chi connectivity index (χ3v) is 5.15. The van der Waals surface area contributed by atoms with Gasteiger partial charge in [0, 0.05) is 22.7 Å². The first kappa shape index (κ1) is 19.7.